The number of rotatable bonds is 5. The number of nitrogens with zero attached hydrogens (tertiary/aromatic N) is 2. The molecule has 172 valence electrons. The molecule has 0 bridgehead atoms. The molecule has 1 aliphatic carbocycles. The summed E-state index contributed by atoms with van der Waals surface area (Å²) >= 11 is 0. The first-order valence-corrected chi connectivity index (χ1v) is 10.4. The van der Waals surface area contributed by atoms with Gasteiger partial charge in [-0.2, -0.15) is 13.2 Å². The molecule has 0 spiro atoms. The highest BCUT2D eigenvalue weighted by molar-refractivity contribution is 6.04. The largest absolute Gasteiger partial charge is 0.481 e. The Kier molecular flexibility index (Phi) is 5.92. The highest BCUT2D eigenvalue weighted by Crippen LogP contribution is 2.37. The van der Waals surface area contributed by atoms with Crippen LogP contribution in [0.5, 0.6) is 0 Å². The fraction of sp³-hybridized carbons (Fsp3) is 0.304. The van der Waals surface area contributed by atoms with Crippen LogP contribution in [0, 0.1) is 5.92 Å². The summed E-state index contributed by atoms with van der Waals surface area (Å²) in [6.07, 6.45) is -1.95. The first kappa shape index (κ1) is 22.5. The molecule has 1 amide bonds. The lowest BCUT2D eigenvalue weighted by Gasteiger charge is -2.28. The van der Waals surface area contributed by atoms with E-state index in [4.69, 9.17) is 0 Å². The minimum absolute atomic E-state index is 0.134. The second-order valence-electron chi connectivity index (χ2n) is 8.05. The standard InChI is InChI=1S/C23H20F3N3O4/c24-23(25,26)16-3-1-2-15(11-16)20(31)28-22-27-18-10-13(12-30)4-9-19(18)29(22)17-7-5-14(6-8-17)21(32)33/h1-4,9-12,14,17H,5-8H2,(H,32,33)(H,27,28,31). The molecule has 0 unspecified atom stereocenters. The zero-order valence-electron chi connectivity index (χ0n) is 17.3. The summed E-state index contributed by atoms with van der Waals surface area (Å²) in [6.45, 7) is 0. The fourth-order valence-electron chi connectivity index (χ4n) is 4.24. The Hall–Kier alpha value is -3.69. The van der Waals surface area contributed by atoms with Crippen LogP contribution in [-0.2, 0) is 11.0 Å². The minimum Gasteiger partial charge on any atom is -0.481 e. The van der Waals surface area contributed by atoms with Crippen molar-refractivity contribution in [3.63, 3.8) is 0 Å². The van der Waals surface area contributed by atoms with Crippen LogP contribution in [0.2, 0.25) is 0 Å². The molecule has 2 aromatic carbocycles. The molecule has 1 saturated carbocycles. The number of benzene rings is 2. The highest BCUT2D eigenvalue weighted by Gasteiger charge is 2.32. The molecule has 4 rings (SSSR count). The van der Waals surface area contributed by atoms with E-state index in [1.54, 1.807) is 22.8 Å². The summed E-state index contributed by atoms with van der Waals surface area (Å²) in [5.74, 6) is -1.92. The van der Waals surface area contributed by atoms with Crippen molar-refractivity contribution in [2.45, 2.75) is 37.9 Å². The van der Waals surface area contributed by atoms with Crippen molar-refractivity contribution in [1.29, 1.82) is 0 Å². The van der Waals surface area contributed by atoms with E-state index in [9.17, 15) is 32.7 Å². The van der Waals surface area contributed by atoms with E-state index in [-0.39, 0.29) is 17.6 Å². The number of fused-ring (bicyclic) bond motifs is 1. The number of aliphatic carboxylic acids is 1. The number of hydrogen-bond donors (Lipinski definition) is 2. The van der Waals surface area contributed by atoms with Gasteiger partial charge >= 0.3 is 12.1 Å². The van der Waals surface area contributed by atoms with Gasteiger partial charge in [0.05, 0.1) is 22.5 Å². The third-order valence-electron chi connectivity index (χ3n) is 5.94. The third-order valence-corrected chi connectivity index (χ3v) is 5.94. The molecule has 3 aromatic rings. The molecule has 0 saturated heterocycles. The summed E-state index contributed by atoms with van der Waals surface area (Å²) in [6, 6.07) is 8.78. The zero-order chi connectivity index (χ0) is 23.8. The Morgan fingerprint density at radius 3 is 2.45 bits per heavy atom. The highest BCUT2D eigenvalue weighted by atomic mass is 19.4. The number of carboxylic acid groups (broad SMARTS) is 1. The van der Waals surface area contributed by atoms with Crippen molar-refractivity contribution in [3.8, 4) is 0 Å². The van der Waals surface area contributed by atoms with E-state index >= 15 is 0 Å². The monoisotopic (exact) mass is 459 g/mol. The van der Waals surface area contributed by atoms with Crippen LogP contribution in [0.15, 0.2) is 42.5 Å². The number of hydrogen-bond acceptors (Lipinski definition) is 4. The van der Waals surface area contributed by atoms with Crippen LogP contribution in [0.3, 0.4) is 0 Å². The molecule has 2 N–H and O–H groups in total. The Morgan fingerprint density at radius 1 is 1.09 bits per heavy atom. The van der Waals surface area contributed by atoms with Crippen molar-refractivity contribution in [2.24, 2.45) is 5.92 Å². The lowest BCUT2D eigenvalue weighted by atomic mass is 9.86. The SMILES string of the molecule is O=Cc1ccc2c(c1)nc(NC(=O)c1cccc(C(F)(F)F)c1)n2C1CCC(C(=O)O)CC1. The predicted octanol–water partition coefficient (Wildman–Crippen LogP) is 4.94. The van der Waals surface area contributed by atoms with Gasteiger partial charge in [0.25, 0.3) is 5.91 Å². The summed E-state index contributed by atoms with van der Waals surface area (Å²) < 4.78 is 40.9. The first-order valence-electron chi connectivity index (χ1n) is 10.4. The number of nitrogens with one attached hydrogen (secondary N) is 1. The van der Waals surface area contributed by atoms with Gasteiger partial charge < -0.3 is 9.67 Å². The lowest BCUT2D eigenvalue weighted by molar-refractivity contribution is -0.143. The molecule has 1 aromatic heterocycles. The zero-order valence-corrected chi connectivity index (χ0v) is 17.3. The van der Waals surface area contributed by atoms with Gasteiger partial charge in [0, 0.05) is 17.2 Å². The minimum atomic E-state index is -4.59. The Labute approximate surface area is 186 Å². The van der Waals surface area contributed by atoms with Crippen LogP contribution >= 0.6 is 0 Å². The van der Waals surface area contributed by atoms with Gasteiger partial charge in [0.1, 0.15) is 6.29 Å². The molecule has 1 fully saturated rings. The first-order chi connectivity index (χ1) is 15.7. The van der Waals surface area contributed by atoms with Crippen LogP contribution in [0.25, 0.3) is 11.0 Å². The maximum Gasteiger partial charge on any atom is 0.416 e. The number of aldehydes is 1. The molecule has 1 aliphatic rings. The number of aromatic nitrogens is 2. The summed E-state index contributed by atoms with van der Waals surface area (Å²) in [4.78, 5) is 39.7. The summed E-state index contributed by atoms with van der Waals surface area (Å²) in [7, 11) is 0. The van der Waals surface area contributed by atoms with E-state index in [2.05, 4.69) is 10.3 Å². The molecule has 0 atom stereocenters. The molecule has 1 heterocycles. The summed E-state index contributed by atoms with van der Waals surface area (Å²) in [5.41, 5.74) is 0.355. The topological polar surface area (TPSA) is 101 Å². The number of anilines is 1. The van der Waals surface area contributed by atoms with Gasteiger partial charge in [-0.1, -0.05) is 6.07 Å². The quantitative estimate of drug-likeness (QED) is 0.527. The van der Waals surface area contributed by atoms with Gasteiger partial charge in [-0.05, 0) is 62.1 Å². The van der Waals surface area contributed by atoms with Crippen LogP contribution in [0.4, 0.5) is 19.1 Å². The fourth-order valence-corrected chi connectivity index (χ4v) is 4.24. The van der Waals surface area contributed by atoms with E-state index in [0.717, 1.165) is 18.2 Å². The Bertz CT molecular complexity index is 1230. The molecular formula is C23H20F3N3O4. The van der Waals surface area contributed by atoms with Gasteiger partial charge in [0.15, 0.2) is 0 Å². The second kappa shape index (κ2) is 8.68. The third kappa shape index (κ3) is 4.59. The molecule has 10 heteroatoms. The van der Waals surface area contributed by atoms with Crippen molar-refractivity contribution in [1.82, 2.24) is 9.55 Å². The number of carboxylic acids is 1. The van der Waals surface area contributed by atoms with E-state index < -0.39 is 29.5 Å². The average Bonchev–Trinajstić information content (AvgIpc) is 3.15. The molecule has 33 heavy (non-hydrogen) atoms. The number of amides is 1. The smallest absolute Gasteiger partial charge is 0.416 e. The Balaban J connectivity index is 1.69. The maximum atomic E-state index is 13.0. The second-order valence-corrected chi connectivity index (χ2v) is 8.05. The van der Waals surface area contributed by atoms with E-state index in [1.165, 1.54) is 6.07 Å². The van der Waals surface area contributed by atoms with Gasteiger partial charge in [0.2, 0.25) is 5.95 Å². The molecular weight excluding hydrogens is 439 g/mol. The number of carbonyl (C=O) groups excluding carboxylic acids is 2. The van der Waals surface area contributed by atoms with Crippen LogP contribution in [0.1, 0.15) is 58.0 Å². The van der Waals surface area contributed by atoms with Crippen molar-refractivity contribution in [3.05, 3.63) is 59.2 Å². The van der Waals surface area contributed by atoms with E-state index in [1.807, 2.05) is 0 Å². The van der Waals surface area contributed by atoms with E-state index in [0.29, 0.717) is 48.6 Å². The van der Waals surface area contributed by atoms with Crippen molar-refractivity contribution >= 4 is 35.1 Å². The normalized spacial score (nSPS) is 18.8. The maximum absolute atomic E-state index is 13.0. The Morgan fingerprint density at radius 2 is 1.82 bits per heavy atom. The van der Waals surface area contributed by atoms with Crippen molar-refractivity contribution in [2.75, 3.05) is 5.32 Å². The lowest BCUT2D eigenvalue weighted by Crippen LogP contribution is -2.25. The molecule has 7 nitrogen and oxygen atoms in total. The van der Waals surface area contributed by atoms with Crippen LogP contribution in [-0.4, -0.2) is 32.8 Å². The number of halogens is 3. The van der Waals surface area contributed by atoms with Crippen LogP contribution < -0.4 is 5.32 Å². The van der Waals surface area contributed by atoms with Crippen molar-refractivity contribution < 1.29 is 32.7 Å². The number of carbonyl (C=O) groups is 3. The summed E-state index contributed by atoms with van der Waals surface area (Å²) in [5, 5.41) is 11.9. The van der Waals surface area contributed by atoms with Gasteiger partial charge in [-0.25, -0.2) is 4.98 Å². The average molecular weight is 459 g/mol. The van der Waals surface area contributed by atoms with Gasteiger partial charge in [-0.3, -0.25) is 19.7 Å². The molecule has 0 radical (unpaired) electrons. The number of alkyl halides is 3. The number of imidazole rings is 1. The van der Waals surface area contributed by atoms with Gasteiger partial charge in [-0.15, -0.1) is 0 Å². The molecule has 0 aliphatic heterocycles. The predicted molar refractivity (Wildman–Crippen MR) is 113 cm³/mol.